The average molecular weight is 427 g/mol. The van der Waals surface area contributed by atoms with E-state index in [2.05, 4.69) is 15.6 Å². The van der Waals surface area contributed by atoms with Gasteiger partial charge in [0.1, 0.15) is 11.5 Å². The van der Waals surface area contributed by atoms with Crippen LogP contribution in [0.15, 0.2) is 78.2 Å². The summed E-state index contributed by atoms with van der Waals surface area (Å²) in [5.41, 5.74) is 3.94. The fraction of sp³-hybridized carbons (Fsp3) is 0.0417. The van der Waals surface area contributed by atoms with Crippen LogP contribution in [0.4, 0.5) is 10.8 Å². The minimum Gasteiger partial charge on any atom is -0.457 e. The molecule has 31 heavy (non-hydrogen) atoms. The first-order valence-corrected chi connectivity index (χ1v) is 10.5. The van der Waals surface area contributed by atoms with Crippen molar-refractivity contribution in [2.24, 2.45) is 0 Å². The monoisotopic (exact) mass is 427 g/mol. The first-order chi connectivity index (χ1) is 15.1. The van der Waals surface area contributed by atoms with E-state index in [9.17, 15) is 9.59 Å². The first-order valence-electron chi connectivity index (χ1n) is 9.67. The van der Waals surface area contributed by atoms with Crippen molar-refractivity contribution >= 4 is 34.0 Å². The summed E-state index contributed by atoms with van der Waals surface area (Å²) in [7, 11) is 0. The third-order valence-electron chi connectivity index (χ3n) is 4.83. The Labute approximate surface area is 182 Å². The van der Waals surface area contributed by atoms with E-state index in [0.29, 0.717) is 28.6 Å². The summed E-state index contributed by atoms with van der Waals surface area (Å²) in [5, 5.41) is 8.06. The number of nitrogens with zero attached hydrogens (tertiary/aromatic N) is 1. The van der Waals surface area contributed by atoms with Gasteiger partial charge in [-0.15, -0.1) is 11.3 Å². The van der Waals surface area contributed by atoms with E-state index in [4.69, 9.17) is 4.74 Å². The van der Waals surface area contributed by atoms with Gasteiger partial charge in [-0.3, -0.25) is 14.9 Å². The number of nitrogens with one attached hydrogen (secondary N) is 2. The van der Waals surface area contributed by atoms with Crippen molar-refractivity contribution in [2.75, 3.05) is 10.6 Å². The lowest BCUT2D eigenvalue weighted by Crippen LogP contribution is -2.11. The maximum atomic E-state index is 12.7. The van der Waals surface area contributed by atoms with Gasteiger partial charge in [0.2, 0.25) is 5.91 Å². The number of carbonyl (C=O) groups is 2. The molecule has 7 heteroatoms. The predicted octanol–water partition coefficient (Wildman–Crippen LogP) is 5.35. The highest BCUT2D eigenvalue weighted by molar-refractivity contribution is 7.14. The molecule has 1 aromatic heterocycles. The fourth-order valence-electron chi connectivity index (χ4n) is 3.35. The second-order valence-corrected chi connectivity index (χ2v) is 7.89. The Morgan fingerprint density at radius 1 is 1.00 bits per heavy atom. The largest absolute Gasteiger partial charge is 0.457 e. The zero-order valence-corrected chi connectivity index (χ0v) is 17.1. The molecule has 5 rings (SSSR count). The lowest BCUT2D eigenvalue weighted by Gasteiger charge is -2.07. The van der Waals surface area contributed by atoms with E-state index in [0.717, 1.165) is 22.5 Å². The van der Waals surface area contributed by atoms with Crippen LogP contribution in [0.2, 0.25) is 0 Å². The number of ether oxygens (including phenoxy) is 1. The molecular weight excluding hydrogens is 410 g/mol. The average Bonchev–Trinajstić information content (AvgIpc) is 3.39. The lowest BCUT2D eigenvalue weighted by molar-refractivity contribution is -0.115. The minimum atomic E-state index is -0.261. The normalized spacial score (nSPS) is 12.2. The lowest BCUT2D eigenvalue weighted by atomic mass is 10.1. The van der Waals surface area contributed by atoms with Gasteiger partial charge in [0, 0.05) is 22.2 Å². The molecule has 1 aliphatic rings. The van der Waals surface area contributed by atoms with Crippen LogP contribution in [0.3, 0.4) is 0 Å². The van der Waals surface area contributed by atoms with Crippen molar-refractivity contribution < 1.29 is 14.3 Å². The summed E-state index contributed by atoms with van der Waals surface area (Å²) < 4.78 is 5.80. The predicted molar refractivity (Wildman–Crippen MR) is 121 cm³/mol. The topological polar surface area (TPSA) is 80.3 Å². The summed E-state index contributed by atoms with van der Waals surface area (Å²) in [6, 6.07) is 22.2. The highest BCUT2D eigenvalue weighted by atomic mass is 32.1. The van der Waals surface area contributed by atoms with E-state index < -0.39 is 0 Å². The van der Waals surface area contributed by atoms with E-state index in [1.807, 2.05) is 53.9 Å². The minimum absolute atomic E-state index is 0.00291. The zero-order valence-electron chi connectivity index (χ0n) is 16.3. The molecule has 0 saturated carbocycles. The standard InChI is InChI=1S/C24H17N3O3S/c28-22-13-17-11-15(9-10-20(17)25-22)21-14-31-24(26-21)27-23(29)16-5-4-8-19(12-16)30-18-6-2-1-3-7-18/h1-12,14H,13H2,(H,25,28)(H,26,27,29). The van der Waals surface area contributed by atoms with Crippen molar-refractivity contribution in [1.82, 2.24) is 4.98 Å². The third-order valence-corrected chi connectivity index (χ3v) is 5.58. The van der Waals surface area contributed by atoms with Gasteiger partial charge < -0.3 is 10.1 Å². The summed E-state index contributed by atoms with van der Waals surface area (Å²) in [4.78, 5) is 28.8. The molecule has 2 amide bonds. The molecule has 0 fully saturated rings. The number of anilines is 2. The highest BCUT2D eigenvalue weighted by Crippen LogP contribution is 2.31. The molecule has 0 unspecified atom stereocenters. The SMILES string of the molecule is O=C1Cc2cc(-c3csc(NC(=O)c4cccc(Oc5ccccc5)c4)n3)ccc2N1. The fourth-order valence-corrected chi connectivity index (χ4v) is 4.06. The zero-order chi connectivity index (χ0) is 21.2. The Hall–Kier alpha value is -3.97. The van der Waals surface area contributed by atoms with Crippen LogP contribution >= 0.6 is 11.3 Å². The summed E-state index contributed by atoms with van der Waals surface area (Å²) in [5.74, 6) is 1.02. The van der Waals surface area contributed by atoms with E-state index in [1.165, 1.54) is 11.3 Å². The Morgan fingerprint density at radius 3 is 2.71 bits per heavy atom. The number of thiazole rings is 1. The van der Waals surface area contributed by atoms with E-state index in [1.54, 1.807) is 24.3 Å². The molecule has 0 atom stereocenters. The molecule has 6 nitrogen and oxygen atoms in total. The van der Waals surface area contributed by atoms with Crippen molar-refractivity contribution in [1.29, 1.82) is 0 Å². The number of carbonyl (C=O) groups excluding carboxylic acids is 2. The smallest absolute Gasteiger partial charge is 0.257 e. The van der Waals surface area contributed by atoms with Crippen LogP contribution < -0.4 is 15.4 Å². The molecule has 0 spiro atoms. The second-order valence-electron chi connectivity index (χ2n) is 7.03. The number of aromatic nitrogens is 1. The number of amides is 2. The molecule has 0 bridgehead atoms. The van der Waals surface area contributed by atoms with Crippen LogP contribution in [-0.2, 0) is 11.2 Å². The molecule has 4 aromatic rings. The van der Waals surface area contributed by atoms with Gasteiger partial charge in [0.05, 0.1) is 12.1 Å². The molecule has 0 radical (unpaired) electrons. The van der Waals surface area contributed by atoms with Gasteiger partial charge >= 0.3 is 0 Å². The Balaban J connectivity index is 1.30. The Bertz CT molecular complexity index is 1280. The summed E-state index contributed by atoms with van der Waals surface area (Å²) >= 11 is 1.35. The first kappa shape index (κ1) is 19.0. The van der Waals surface area contributed by atoms with Crippen LogP contribution in [0.5, 0.6) is 11.5 Å². The number of hydrogen-bond donors (Lipinski definition) is 2. The molecule has 152 valence electrons. The molecule has 0 aliphatic carbocycles. The van der Waals surface area contributed by atoms with Crippen LogP contribution in [0.1, 0.15) is 15.9 Å². The third kappa shape index (κ3) is 4.17. The van der Waals surface area contributed by atoms with Gasteiger partial charge in [-0.05, 0) is 48.0 Å². The Kier molecular flexibility index (Phi) is 4.93. The molecule has 1 aliphatic heterocycles. The molecule has 2 heterocycles. The number of para-hydroxylation sites is 1. The molecule has 3 aromatic carbocycles. The van der Waals surface area contributed by atoms with Crippen LogP contribution in [-0.4, -0.2) is 16.8 Å². The number of benzene rings is 3. The highest BCUT2D eigenvalue weighted by Gasteiger charge is 2.18. The summed E-state index contributed by atoms with van der Waals surface area (Å²) in [6.45, 7) is 0. The quantitative estimate of drug-likeness (QED) is 0.450. The molecular formula is C24H17N3O3S. The van der Waals surface area contributed by atoms with E-state index >= 15 is 0 Å². The van der Waals surface area contributed by atoms with Crippen molar-refractivity contribution in [3.8, 4) is 22.8 Å². The summed E-state index contributed by atoms with van der Waals surface area (Å²) in [6.07, 6.45) is 0.373. The van der Waals surface area contributed by atoms with Gasteiger partial charge in [0.15, 0.2) is 5.13 Å². The Morgan fingerprint density at radius 2 is 1.84 bits per heavy atom. The van der Waals surface area contributed by atoms with Crippen LogP contribution in [0.25, 0.3) is 11.3 Å². The van der Waals surface area contributed by atoms with Gasteiger partial charge in [-0.2, -0.15) is 0 Å². The van der Waals surface area contributed by atoms with Gasteiger partial charge in [0.25, 0.3) is 5.91 Å². The van der Waals surface area contributed by atoms with Crippen molar-refractivity contribution in [3.63, 3.8) is 0 Å². The second kappa shape index (κ2) is 8.04. The maximum Gasteiger partial charge on any atom is 0.257 e. The number of fused-ring (bicyclic) bond motifs is 1. The molecule has 0 saturated heterocycles. The van der Waals surface area contributed by atoms with Gasteiger partial charge in [-0.1, -0.05) is 30.3 Å². The number of hydrogen-bond acceptors (Lipinski definition) is 5. The molecule has 2 N–H and O–H groups in total. The number of rotatable bonds is 5. The van der Waals surface area contributed by atoms with Gasteiger partial charge in [-0.25, -0.2) is 4.98 Å². The van der Waals surface area contributed by atoms with Crippen molar-refractivity contribution in [3.05, 3.63) is 89.3 Å². The maximum absolute atomic E-state index is 12.7. The van der Waals surface area contributed by atoms with E-state index in [-0.39, 0.29) is 11.8 Å². The van der Waals surface area contributed by atoms with Crippen molar-refractivity contribution in [2.45, 2.75) is 6.42 Å². The van der Waals surface area contributed by atoms with Crippen LogP contribution in [0, 0.1) is 0 Å².